The first kappa shape index (κ1) is 14.3. The van der Waals surface area contributed by atoms with Crippen molar-refractivity contribution in [2.75, 3.05) is 6.54 Å². The fraction of sp³-hybridized carbons (Fsp3) is 0.400. The molecule has 1 unspecified atom stereocenters. The third-order valence-corrected chi connectivity index (χ3v) is 4.41. The van der Waals surface area contributed by atoms with Gasteiger partial charge in [0.1, 0.15) is 0 Å². The van der Waals surface area contributed by atoms with Crippen LogP contribution in [0.15, 0.2) is 54.6 Å². The molecule has 21 heavy (non-hydrogen) atoms. The molecule has 1 aliphatic carbocycles. The Morgan fingerprint density at radius 3 is 2.38 bits per heavy atom. The Hall–Kier alpha value is -1.60. The molecule has 1 N–H and O–H groups in total. The molecule has 1 fully saturated rings. The zero-order chi connectivity index (χ0) is 14.5. The van der Waals surface area contributed by atoms with E-state index in [0.29, 0.717) is 5.92 Å². The maximum absolute atomic E-state index is 3.72. The van der Waals surface area contributed by atoms with Crippen LogP contribution in [0.1, 0.15) is 29.5 Å². The standard InChI is InChI=1S/C20H25N/c1-16-7-5-6-10-19(16)14-18(15-21-20-11-12-20)13-17-8-3-2-4-9-17/h2-10,18,20-21H,11-15H2,1H3. The lowest BCUT2D eigenvalue weighted by atomic mass is 9.90. The Morgan fingerprint density at radius 2 is 1.67 bits per heavy atom. The second kappa shape index (κ2) is 6.91. The molecule has 0 bridgehead atoms. The highest BCUT2D eigenvalue weighted by molar-refractivity contribution is 5.26. The number of benzene rings is 2. The van der Waals surface area contributed by atoms with Crippen LogP contribution in [0.25, 0.3) is 0 Å². The summed E-state index contributed by atoms with van der Waals surface area (Å²) >= 11 is 0. The zero-order valence-electron chi connectivity index (χ0n) is 12.9. The van der Waals surface area contributed by atoms with Crippen LogP contribution >= 0.6 is 0 Å². The van der Waals surface area contributed by atoms with Crippen LogP contribution in [0.5, 0.6) is 0 Å². The predicted molar refractivity (Wildman–Crippen MR) is 89.5 cm³/mol. The summed E-state index contributed by atoms with van der Waals surface area (Å²) < 4.78 is 0. The third kappa shape index (κ3) is 4.44. The molecule has 2 aromatic rings. The second-order valence-electron chi connectivity index (χ2n) is 6.37. The van der Waals surface area contributed by atoms with E-state index >= 15 is 0 Å². The van der Waals surface area contributed by atoms with E-state index in [2.05, 4.69) is 66.8 Å². The molecule has 0 saturated heterocycles. The highest BCUT2D eigenvalue weighted by Crippen LogP contribution is 2.21. The Balaban J connectivity index is 1.67. The van der Waals surface area contributed by atoms with E-state index in [-0.39, 0.29) is 0 Å². The minimum absolute atomic E-state index is 0.675. The molecule has 1 heteroatoms. The summed E-state index contributed by atoms with van der Waals surface area (Å²) in [6, 6.07) is 20.5. The summed E-state index contributed by atoms with van der Waals surface area (Å²) in [5.41, 5.74) is 4.37. The molecule has 0 amide bonds. The molecule has 1 aliphatic rings. The van der Waals surface area contributed by atoms with Gasteiger partial charge in [0, 0.05) is 6.04 Å². The van der Waals surface area contributed by atoms with E-state index in [1.807, 2.05) is 0 Å². The van der Waals surface area contributed by atoms with Crippen LogP contribution in [0, 0.1) is 12.8 Å². The van der Waals surface area contributed by atoms with Crippen molar-refractivity contribution in [1.29, 1.82) is 0 Å². The summed E-state index contributed by atoms with van der Waals surface area (Å²) in [6.45, 7) is 3.36. The highest BCUT2D eigenvalue weighted by Gasteiger charge is 2.22. The summed E-state index contributed by atoms with van der Waals surface area (Å²) in [5, 5.41) is 3.72. The summed E-state index contributed by atoms with van der Waals surface area (Å²) in [6.07, 6.45) is 5.06. The van der Waals surface area contributed by atoms with Crippen molar-refractivity contribution in [2.24, 2.45) is 5.92 Å². The second-order valence-corrected chi connectivity index (χ2v) is 6.37. The van der Waals surface area contributed by atoms with Crippen LogP contribution < -0.4 is 5.32 Å². The van der Waals surface area contributed by atoms with Gasteiger partial charge in [-0.25, -0.2) is 0 Å². The van der Waals surface area contributed by atoms with Crippen molar-refractivity contribution in [3.05, 3.63) is 71.3 Å². The fourth-order valence-corrected chi connectivity index (χ4v) is 2.93. The smallest absolute Gasteiger partial charge is 0.00683 e. The summed E-state index contributed by atoms with van der Waals surface area (Å²) in [5.74, 6) is 0.675. The molecular weight excluding hydrogens is 254 g/mol. The van der Waals surface area contributed by atoms with Gasteiger partial charge in [-0.3, -0.25) is 0 Å². The average Bonchev–Trinajstić information content (AvgIpc) is 3.32. The predicted octanol–water partition coefficient (Wildman–Crippen LogP) is 4.15. The maximum Gasteiger partial charge on any atom is 0.00683 e. The van der Waals surface area contributed by atoms with Crippen molar-refractivity contribution in [3.63, 3.8) is 0 Å². The van der Waals surface area contributed by atoms with Gasteiger partial charge in [-0.2, -0.15) is 0 Å². The van der Waals surface area contributed by atoms with E-state index in [4.69, 9.17) is 0 Å². The molecule has 0 spiro atoms. The van der Waals surface area contributed by atoms with Gasteiger partial charge in [0.2, 0.25) is 0 Å². The molecule has 1 saturated carbocycles. The van der Waals surface area contributed by atoms with Crippen molar-refractivity contribution in [2.45, 2.75) is 38.6 Å². The molecule has 0 heterocycles. The molecule has 2 aromatic carbocycles. The van der Waals surface area contributed by atoms with E-state index in [1.54, 1.807) is 0 Å². The molecule has 3 rings (SSSR count). The SMILES string of the molecule is Cc1ccccc1CC(CNC1CC1)Cc1ccccc1. The van der Waals surface area contributed by atoms with Gasteiger partial charge in [-0.15, -0.1) is 0 Å². The lowest BCUT2D eigenvalue weighted by Crippen LogP contribution is -2.27. The minimum Gasteiger partial charge on any atom is -0.314 e. The van der Waals surface area contributed by atoms with E-state index in [0.717, 1.165) is 19.0 Å². The molecule has 1 atom stereocenters. The van der Waals surface area contributed by atoms with Crippen molar-refractivity contribution in [1.82, 2.24) is 5.32 Å². The Bertz CT molecular complexity index is 557. The Morgan fingerprint density at radius 1 is 0.952 bits per heavy atom. The number of aryl methyl sites for hydroxylation is 1. The van der Waals surface area contributed by atoms with Crippen LogP contribution in [0.3, 0.4) is 0 Å². The lowest BCUT2D eigenvalue weighted by molar-refractivity contribution is 0.468. The van der Waals surface area contributed by atoms with Crippen LogP contribution in [-0.4, -0.2) is 12.6 Å². The van der Waals surface area contributed by atoms with Gasteiger partial charge >= 0.3 is 0 Å². The molecular formula is C20H25N. The first-order valence-corrected chi connectivity index (χ1v) is 8.13. The number of nitrogens with one attached hydrogen (secondary N) is 1. The Labute approximate surface area is 128 Å². The van der Waals surface area contributed by atoms with Gasteiger partial charge in [0.15, 0.2) is 0 Å². The topological polar surface area (TPSA) is 12.0 Å². The number of hydrogen-bond acceptors (Lipinski definition) is 1. The van der Waals surface area contributed by atoms with E-state index in [9.17, 15) is 0 Å². The average molecular weight is 279 g/mol. The maximum atomic E-state index is 3.72. The summed E-state index contributed by atoms with van der Waals surface area (Å²) in [7, 11) is 0. The van der Waals surface area contributed by atoms with Gasteiger partial charge in [-0.05, 0) is 61.8 Å². The largest absolute Gasteiger partial charge is 0.314 e. The normalized spacial score (nSPS) is 15.9. The van der Waals surface area contributed by atoms with Crippen molar-refractivity contribution < 1.29 is 0 Å². The van der Waals surface area contributed by atoms with Gasteiger partial charge < -0.3 is 5.32 Å². The molecule has 0 radical (unpaired) electrons. The van der Waals surface area contributed by atoms with Crippen LogP contribution in [0.4, 0.5) is 0 Å². The number of rotatable bonds is 7. The molecule has 1 nitrogen and oxygen atoms in total. The van der Waals surface area contributed by atoms with Crippen molar-refractivity contribution in [3.8, 4) is 0 Å². The van der Waals surface area contributed by atoms with Gasteiger partial charge in [0.05, 0.1) is 0 Å². The first-order valence-electron chi connectivity index (χ1n) is 8.13. The fourth-order valence-electron chi connectivity index (χ4n) is 2.93. The Kier molecular flexibility index (Phi) is 4.72. The monoisotopic (exact) mass is 279 g/mol. The molecule has 0 aromatic heterocycles. The zero-order valence-corrected chi connectivity index (χ0v) is 12.9. The van der Waals surface area contributed by atoms with Crippen LogP contribution in [0.2, 0.25) is 0 Å². The van der Waals surface area contributed by atoms with Crippen molar-refractivity contribution >= 4 is 0 Å². The quantitative estimate of drug-likeness (QED) is 0.803. The number of hydrogen-bond donors (Lipinski definition) is 1. The van der Waals surface area contributed by atoms with E-state index in [1.165, 1.54) is 36.0 Å². The minimum atomic E-state index is 0.675. The molecule has 110 valence electrons. The first-order chi connectivity index (χ1) is 10.3. The van der Waals surface area contributed by atoms with Gasteiger partial charge in [0.25, 0.3) is 0 Å². The molecule has 0 aliphatic heterocycles. The summed E-state index contributed by atoms with van der Waals surface area (Å²) in [4.78, 5) is 0. The van der Waals surface area contributed by atoms with Crippen LogP contribution in [-0.2, 0) is 12.8 Å². The van der Waals surface area contributed by atoms with Gasteiger partial charge in [-0.1, -0.05) is 54.6 Å². The lowest BCUT2D eigenvalue weighted by Gasteiger charge is -2.19. The third-order valence-electron chi connectivity index (χ3n) is 4.41. The van der Waals surface area contributed by atoms with E-state index < -0.39 is 0 Å². The highest BCUT2D eigenvalue weighted by atomic mass is 14.9.